The van der Waals surface area contributed by atoms with E-state index in [1.165, 1.54) is 12.3 Å². The van der Waals surface area contributed by atoms with Gasteiger partial charge in [0.25, 0.3) is 0 Å². The van der Waals surface area contributed by atoms with Crippen LogP contribution in [0.25, 0.3) is 0 Å². The topological polar surface area (TPSA) is 37.4 Å². The summed E-state index contributed by atoms with van der Waals surface area (Å²) in [4.78, 5) is 5.98. The molecule has 20 heavy (non-hydrogen) atoms. The molecular formula is C13H18F3N3O. The molecule has 1 aliphatic heterocycles. The Bertz CT molecular complexity index is 439. The van der Waals surface area contributed by atoms with Gasteiger partial charge in [0.15, 0.2) is 0 Å². The van der Waals surface area contributed by atoms with Crippen molar-refractivity contribution in [3.05, 3.63) is 23.9 Å². The Balaban J connectivity index is 1.97. The van der Waals surface area contributed by atoms with Gasteiger partial charge in [0.2, 0.25) is 0 Å². The fourth-order valence-electron chi connectivity index (χ4n) is 2.18. The summed E-state index contributed by atoms with van der Waals surface area (Å²) in [5, 5.41) is 2.75. The van der Waals surface area contributed by atoms with Crippen LogP contribution in [0.1, 0.15) is 12.5 Å². The number of alkyl halides is 3. The van der Waals surface area contributed by atoms with Crippen LogP contribution in [0.15, 0.2) is 18.3 Å². The minimum absolute atomic E-state index is 0.119. The highest BCUT2D eigenvalue weighted by Crippen LogP contribution is 2.33. The van der Waals surface area contributed by atoms with Gasteiger partial charge in [0.1, 0.15) is 5.82 Å². The second-order valence-corrected chi connectivity index (χ2v) is 4.66. The maximum absolute atomic E-state index is 12.8. The Kier molecular flexibility index (Phi) is 4.82. The third-order valence-electron chi connectivity index (χ3n) is 3.28. The molecule has 0 amide bonds. The van der Waals surface area contributed by atoms with E-state index in [1.54, 1.807) is 0 Å². The summed E-state index contributed by atoms with van der Waals surface area (Å²) in [6.45, 7) is 5.47. The molecule has 0 aliphatic carbocycles. The Morgan fingerprint density at radius 1 is 1.50 bits per heavy atom. The number of aromatic nitrogens is 1. The largest absolute Gasteiger partial charge is 0.419 e. The molecular weight excluding hydrogens is 271 g/mol. The summed E-state index contributed by atoms with van der Waals surface area (Å²) in [6, 6.07) is 2.30. The van der Waals surface area contributed by atoms with Crippen LogP contribution in [0.2, 0.25) is 0 Å². The fourth-order valence-corrected chi connectivity index (χ4v) is 2.18. The van der Waals surface area contributed by atoms with Crippen LogP contribution < -0.4 is 5.32 Å². The lowest BCUT2D eigenvalue weighted by Gasteiger charge is -2.32. The molecule has 1 aromatic rings. The van der Waals surface area contributed by atoms with Crippen LogP contribution in [0, 0.1) is 0 Å². The molecule has 0 aromatic carbocycles. The Morgan fingerprint density at radius 2 is 2.30 bits per heavy atom. The van der Waals surface area contributed by atoms with Crippen LogP contribution in [0.4, 0.5) is 19.0 Å². The third-order valence-corrected chi connectivity index (χ3v) is 3.28. The normalized spacial score (nSPS) is 20.9. The van der Waals surface area contributed by atoms with Crippen molar-refractivity contribution < 1.29 is 17.9 Å². The number of ether oxygens (including phenoxy) is 1. The summed E-state index contributed by atoms with van der Waals surface area (Å²) in [6.07, 6.45) is -3.18. The minimum Gasteiger partial charge on any atom is -0.374 e. The lowest BCUT2D eigenvalue weighted by Crippen LogP contribution is -2.45. The number of likely N-dealkylation sites (N-methyl/N-ethyl adjacent to an activating group) is 1. The van der Waals surface area contributed by atoms with Gasteiger partial charge in [-0.25, -0.2) is 4.98 Å². The monoisotopic (exact) mass is 289 g/mol. The average Bonchev–Trinajstić information content (AvgIpc) is 2.44. The van der Waals surface area contributed by atoms with Crippen molar-refractivity contribution in [2.75, 3.05) is 38.1 Å². The predicted octanol–water partition coefficient (Wildman–Crippen LogP) is 2.23. The average molecular weight is 289 g/mol. The summed E-state index contributed by atoms with van der Waals surface area (Å²) in [5.41, 5.74) is -0.747. The number of halogens is 3. The van der Waals surface area contributed by atoms with Crippen molar-refractivity contribution in [1.29, 1.82) is 0 Å². The highest BCUT2D eigenvalue weighted by molar-refractivity contribution is 5.45. The van der Waals surface area contributed by atoms with Gasteiger partial charge in [0.05, 0.1) is 18.3 Å². The zero-order chi connectivity index (χ0) is 14.6. The van der Waals surface area contributed by atoms with E-state index < -0.39 is 11.7 Å². The first-order chi connectivity index (χ1) is 9.50. The van der Waals surface area contributed by atoms with Crippen molar-refractivity contribution in [1.82, 2.24) is 9.88 Å². The van der Waals surface area contributed by atoms with Gasteiger partial charge in [-0.1, -0.05) is 6.92 Å². The van der Waals surface area contributed by atoms with Crippen LogP contribution in [-0.2, 0) is 10.9 Å². The molecule has 0 saturated carbocycles. The molecule has 1 N–H and O–H groups in total. The first-order valence-electron chi connectivity index (χ1n) is 6.60. The van der Waals surface area contributed by atoms with Crippen molar-refractivity contribution >= 4 is 5.82 Å². The van der Waals surface area contributed by atoms with E-state index in [2.05, 4.69) is 22.1 Å². The van der Waals surface area contributed by atoms with Crippen LogP contribution in [0.5, 0.6) is 0 Å². The van der Waals surface area contributed by atoms with Gasteiger partial charge >= 0.3 is 6.18 Å². The van der Waals surface area contributed by atoms with E-state index in [0.29, 0.717) is 13.2 Å². The molecule has 0 bridgehead atoms. The molecule has 1 aromatic heterocycles. The lowest BCUT2D eigenvalue weighted by atomic mass is 10.2. The molecule has 2 heterocycles. The third kappa shape index (κ3) is 3.83. The van der Waals surface area contributed by atoms with E-state index >= 15 is 0 Å². The maximum atomic E-state index is 12.8. The summed E-state index contributed by atoms with van der Waals surface area (Å²) in [7, 11) is 0. The molecule has 1 saturated heterocycles. The molecule has 1 aliphatic rings. The summed E-state index contributed by atoms with van der Waals surface area (Å²) < 4.78 is 44.0. The van der Waals surface area contributed by atoms with Gasteiger partial charge in [-0.05, 0) is 18.7 Å². The van der Waals surface area contributed by atoms with E-state index in [4.69, 9.17) is 4.74 Å². The molecule has 1 fully saturated rings. The smallest absolute Gasteiger partial charge is 0.374 e. The van der Waals surface area contributed by atoms with E-state index in [1.807, 2.05) is 0 Å². The van der Waals surface area contributed by atoms with Crippen molar-refractivity contribution in [3.63, 3.8) is 0 Å². The minimum atomic E-state index is -4.40. The number of nitrogens with one attached hydrogen (secondary N) is 1. The number of pyridine rings is 1. The summed E-state index contributed by atoms with van der Waals surface area (Å²) >= 11 is 0. The molecule has 1 unspecified atom stereocenters. The van der Waals surface area contributed by atoms with Gasteiger partial charge < -0.3 is 10.1 Å². The highest BCUT2D eigenvalue weighted by Gasteiger charge is 2.34. The highest BCUT2D eigenvalue weighted by atomic mass is 19.4. The zero-order valence-electron chi connectivity index (χ0n) is 11.3. The van der Waals surface area contributed by atoms with Gasteiger partial charge in [-0.3, -0.25) is 4.90 Å². The predicted molar refractivity (Wildman–Crippen MR) is 69.6 cm³/mol. The van der Waals surface area contributed by atoms with Crippen LogP contribution in [-0.4, -0.2) is 48.8 Å². The molecule has 0 spiro atoms. The molecule has 2 rings (SSSR count). The molecule has 7 heteroatoms. The second kappa shape index (κ2) is 6.41. The van der Waals surface area contributed by atoms with E-state index in [-0.39, 0.29) is 11.9 Å². The van der Waals surface area contributed by atoms with Crippen molar-refractivity contribution in [3.8, 4) is 0 Å². The number of nitrogens with zero attached hydrogens (tertiary/aromatic N) is 2. The standard InChI is InChI=1S/C13H18F3N3O/c1-2-19-6-7-20-10(9-19)8-18-12-11(13(14,15)16)4-3-5-17-12/h3-5,10H,2,6-9H2,1H3,(H,17,18). The molecule has 4 nitrogen and oxygen atoms in total. The molecule has 1 atom stereocenters. The Hall–Kier alpha value is -1.34. The molecule has 112 valence electrons. The van der Waals surface area contributed by atoms with Crippen molar-refractivity contribution in [2.45, 2.75) is 19.2 Å². The Labute approximate surface area is 115 Å². The number of morpholine rings is 1. The number of hydrogen-bond acceptors (Lipinski definition) is 4. The maximum Gasteiger partial charge on any atom is 0.419 e. The number of rotatable bonds is 4. The fraction of sp³-hybridized carbons (Fsp3) is 0.615. The zero-order valence-corrected chi connectivity index (χ0v) is 11.3. The second-order valence-electron chi connectivity index (χ2n) is 4.66. The van der Waals surface area contributed by atoms with Crippen LogP contribution in [0.3, 0.4) is 0 Å². The lowest BCUT2D eigenvalue weighted by molar-refractivity contribution is -0.137. The first-order valence-corrected chi connectivity index (χ1v) is 6.60. The number of anilines is 1. The van der Waals surface area contributed by atoms with Gasteiger partial charge in [0, 0.05) is 25.8 Å². The van der Waals surface area contributed by atoms with Crippen LogP contribution >= 0.6 is 0 Å². The van der Waals surface area contributed by atoms with Gasteiger partial charge in [-0.2, -0.15) is 13.2 Å². The first kappa shape index (κ1) is 15.1. The van der Waals surface area contributed by atoms with E-state index in [9.17, 15) is 13.2 Å². The Morgan fingerprint density at radius 3 is 3.00 bits per heavy atom. The van der Waals surface area contributed by atoms with E-state index in [0.717, 1.165) is 25.7 Å². The quantitative estimate of drug-likeness (QED) is 0.922. The SMILES string of the molecule is CCN1CCOC(CNc2ncccc2C(F)(F)F)C1. The van der Waals surface area contributed by atoms with Gasteiger partial charge in [-0.15, -0.1) is 0 Å². The number of hydrogen-bond donors (Lipinski definition) is 1. The molecule has 0 radical (unpaired) electrons. The van der Waals surface area contributed by atoms with Crippen molar-refractivity contribution in [2.24, 2.45) is 0 Å². The summed E-state index contributed by atoms with van der Waals surface area (Å²) in [5.74, 6) is -0.141.